The molecule has 0 saturated carbocycles. The molecule has 0 saturated heterocycles. The number of carboxylic acid groups (broad SMARTS) is 3. The third kappa shape index (κ3) is 5.21. The number of carboxylic acids is 3. The molecule has 0 unspecified atom stereocenters. The molecular weight excluding hydrogens is 203 g/mol. The molecule has 0 radical (unpaired) electrons. The van der Waals surface area contributed by atoms with Crippen molar-refractivity contribution >= 4 is 47.5 Å². The van der Waals surface area contributed by atoms with E-state index in [1.807, 2.05) is 0 Å². The molecular formula is C7H11NaO6. The molecule has 0 aromatic heterocycles. The van der Waals surface area contributed by atoms with E-state index in [1.54, 1.807) is 0 Å². The van der Waals surface area contributed by atoms with Crippen LogP contribution in [0.1, 0.15) is 19.8 Å². The molecule has 0 atom stereocenters. The summed E-state index contributed by atoms with van der Waals surface area (Å²) in [4.78, 5) is 31.1. The molecule has 0 bridgehead atoms. The maximum atomic E-state index is 10.6. The molecule has 0 aromatic carbocycles. The molecule has 3 N–H and O–H groups in total. The SMILES string of the molecule is CC(CC(=O)O)(CC(=O)O)C(=O)O.[NaH]. The van der Waals surface area contributed by atoms with Gasteiger partial charge in [0.1, 0.15) is 0 Å². The Morgan fingerprint density at radius 3 is 1.43 bits per heavy atom. The summed E-state index contributed by atoms with van der Waals surface area (Å²) in [5.74, 6) is -4.07. The van der Waals surface area contributed by atoms with Gasteiger partial charge >= 0.3 is 47.5 Å². The fourth-order valence-corrected chi connectivity index (χ4v) is 0.881. The van der Waals surface area contributed by atoms with E-state index < -0.39 is 36.2 Å². The van der Waals surface area contributed by atoms with Crippen molar-refractivity contribution < 1.29 is 29.7 Å². The Morgan fingerprint density at radius 1 is 1.00 bits per heavy atom. The summed E-state index contributed by atoms with van der Waals surface area (Å²) in [7, 11) is 0. The van der Waals surface area contributed by atoms with Gasteiger partial charge in [-0.1, -0.05) is 0 Å². The van der Waals surface area contributed by atoms with Gasteiger partial charge in [-0.2, -0.15) is 0 Å². The second-order valence-electron chi connectivity index (χ2n) is 3.01. The van der Waals surface area contributed by atoms with E-state index in [0.29, 0.717) is 0 Å². The first-order chi connectivity index (χ1) is 5.78. The van der Waals surface area contributed by atoms with E-state index in [2.05, 4.69) is 0 Å². The van der Waals surface area contributed by atoms with Gasteiger partial charge in [0.25, 0.3) is 0 Å². The van der Waals surface area contributed by atoms with E-state index >= 15 is 0 Å². The normalized spacial score (nSPS) is 10.1. The first-order valence-corrected chi connectivity index (χ1v) is 3.45. The van der Waals surface area contributed by atoms with Crippen LogP contribution in [0.25, 0.3) is 0 Å². The van der Waals surface area contributed by atoms with Crippen molar-refractivity contribution in [3.8, 4) is 0 Å². The predicted molar refractivity (Wildman–Crippen MR) is 47.4 cm³/mol. The topological polar surface area (TPSA) is 112 Å². The van der Waals surface area contributed by atoms with Gasteiger partial charge in [0.15, 0.2) is 0 Å². The van der Waals surface area contributed by atoms with Crippen molar-refractivity contribution in [1.82, 2.24) is 0 Å². The van der Waals surface area contributed by atoms with Crippen LogP contribution in [0, 0.1) is 5.41 Å². The van der Waals surface area contributed by atoms with Crippen molar-refractivity contribution in [3.05, 3.63) is 0 Å². The molecule has 6 nitrogen and oxygen atoms in total. The molecule has 14 heavy (non-hydrogen) atoms. The Hall–Kier alpha value is -0.590. The van der Waals surface area contributed by atoms with Gasteiger partial charge in [0.05, 0.1) is 18.3 Å². The molecule has 7 heteroatoms. The van der Waals surface area contributed by atoms with Crippen LogP contribution >= 0.6 is 0 Å². The third-order valence-corrected chi connectivity index (χ3v) is 1.60. The van der Waals surface area contributed by atoms with Gasteiger partial charge in [-0.25, -0.2) is 0 Å². The molecule has 0 rings (SSSR count). The Balaban J connectivity index is 0. The monoisotopic (exact) mass is 214 g/mol. The van der Waals surface area contributed by atoms with Crippen molar-refractivity contribution in [2.24, 2.45) is 5.41 Å². The van der Waals surface area contributed by atoms with Gasteiger partial charge < -0.3 is 15.3 Å². The zero-order valence-corrected chi connectivity index (χ0v) is 6.98. The fourth-order valence-electron chi connectivity index (χ4n) is 0.881. The van der Waals surface area contributed by atoms with Gasteiger partial charge in [-0.3, -0.25) is 14.4 Å². The number of aliphatic carboxylic acids is 3. The van der Waals surface area contributed by atoms with Crippen LogP contribution in [0.15, 0.2) is 0 Å². The van der Waals surface area contributed by atoms with Crippen molar-refractivity contribution in [1.29, 1.82) is 0 Å². The van der Waals surface area contributed by atoms with Crippen molar-refractivity contribution in [2.45, 2.75) is 19.8 Å². The van der Waals surface area contributed by atoms with Gasteiger partial charge in [-0.15, -0.1) is 0 Å². The first-order valence-electron chi connectivity index (χ1n) is 3.45. The third-order valence-electron chi connectivity index (χ3n) is 1.60. The standard InChI is InChI=1S/C7H10O6.Na.H/c1-7(6(12)13,2-4(8)9)3-5(10)11;;/h2-3H2,1H3,(H,8,9)(H,10,11)(H,12,13);;. The Kier molecular flexibility index (Phi) is 6.80. The summed E-state index contributed by atoms with van der Waals surface area (Å²) in [6.45, 7) is 1.09. The van der Waals surface area contributed by atoms with Crippen LogP contribution in [0.5, 0.6) is 0 Å². The summed E-state index contributed by atoms with van der Waals surface area (Å²) in [6, 6.07) is 0. The van der Waals surface area contributed by atoms with Crippen LogP contribution < -0.4 is 0 Å². The minimum atomic E-state index is -1.74. The summed E-state index contributed by atoms with van der Waals surface area (Å²) < 4.78 is 0. The fraction of sp³-hybridized carbons (Fsp3) is 0.571. The van der Waals surface area contributed by atoms with E-state index in [4.69, 9.17) is 15.3 Å². The molecule has 0 fully saturated rings. The van der Waals surface area contributed by atoms with Gasteiger partial charge in [0, 0.05) is 0 Å². The van der Waals surface area contributed by atoms with E-state index in [0.717, 1.165) is 6.92 Å². The predicted octanol–water partition coefficient (Wildman–Crippen LogP) is -0.622. The molecule has 76 valence electrons. The van der Waals surface area contributed by atoms with Crippen LogP contribution in [-0.2, 0) is 14.4 Å². The van der Waals surface area contributed by atoms with Crippen LogP contribution in [0.2, 0.25) is 0 Å². The zero-order chi connectivity index (χ0) is 10.6. The van der Waals surface area contributed by atoms with Crippen LogP contribution in [0.3, 0.4) is 0 Å². The van der Waals surface area contributed by atoms with E-state index in [9.17, 15) is 14.4 Å². The van der Waals surface area contributed by atoms with E-state index in [-0.39, 0.29) is 29.6 Å². The second-order valence-corrected chi connectivity index (χ2v) is 3.01. The van der Waals surface area contributed by atoms with Gasteiger partial charge in [-0.05, 0) is 6.92 Å². The van der Waals surface area contributed by atoms with Crippen LogP contribution in [0.4, 0.5) is 0 Å². The number of rotatable bonds is 5. The average Bonchev–Trinajstić information content (AvgIpc) is 1.82. The molecule has 0 aliphatic carbocycles. The van der Waals surface area contributed by atoms with Gasteiger partial charge in [0.2, 0.25) is 0 Å². The molecule has 0 heterocycles. The molecule has 0 spiro atoms. The minimum absolute atomic E-state index is 0. The van der Waals surface area contributed by atoms with Crippen molar-refractivity contribution in [3.63, 3.8) is 0 Å². The summed E-state index contributed by atoms with van der Waals surface area (Å²) in [5.41, 5.74) is -1.74. The number of hydrogen-bond acceptors (Lipinski definition) is 3. The quantitative estimate of drug-likeness (QED) is 0.526. The summed E-state index contributed by atoms with van der Waals surface area (Å²) >= 11 is 0. The molecule has 0 aromatic rings. The molecule has 0 aliphatic rings. The molecule has 0 amide bonds. The Morgan fingerprint density at radius 2 is 1.29 bits per heavy atom. The second kappa shape index (κ2) is 6.00. The summed E-state index contributed by atoms with van der Waals surface area (Å²) in [5, 5.41) is 25.3. The van der Waals surface area contributed by atoms with Crippen molar-refractivity contribution in [2.75, 3.05) is 0 Å². The first kappa shape index (κ1) is 15.9. The maximum absolute atomic E-state index is 10.6. The molecule has 0 aliphatic heterocycles. The zero-order valence-electron chi connectivity index (χ0n) is 6.98. The van der Waals surface area contributed by atoms with E-state index in [1.165, 1.54) is 0 Å². The average molecular weight is 214 g/mol. The number of hydrogen-bond donors (Lipinski definition) is 3. The Bertz CT molecular complexity index is 233. The summed E-state index contributed by atoms with van der Waals surface area (Å²) in [6.07, 6.45) is -1.40. The number of carbonyl (C=O) groups is 3. The van der Waals surface area contributed by atoms with Crippen LogP contribution in [-0.4, -0.2) is 62.8 Å². The Labute approximate surface area is 102 Å².